The minimum absolute atomic E-state index is 0.0651. The molecule has 4 rings (SSSR count). The number of benzene rings is 1. The first-order valence-corrected chi connectivity index (χ1v) is 12.6. The predicted molar refractivity (Wildman–Crippen MR) is 139 cm³/mol. The molecule has 1 aliphatic heterocycles. The van der Waals surface area contributed by atoms with E-state index in [-0.39, 0.29) is 11.9 Å². The molecular weight excluding hydrogens is 442 g/mol. The number of anilines is 2. The summed E-state index contributed by atoms with van der Waals surface area (Å²) in [6.07, 6.45) is 3.39. The molecule has 3 heterocycles. The van der Waals surface area contributed by atoms with Gasteiger partial charge in [0.05, 0.1) is 23.9 Å². The fourth-order valence-corrected chi connectivity index (χ4v) is 4.55. The van der Waals surface area contributed by atoms with Crippen molar-refractivity contribution in [1.82, 2.24) is 19.5 Å². The lowest BCUT2D eigenvalue weighted by Gasteiger charge is -2.27. The molecule has 1 unspecified atom stereocenters. The van der Waals surface area contributed by atoms with E-state index in [2.05, 4.69) is 31.1 Å². The Balaban J connectivity index is 1.81. The van der Waals surface area contributed by atoms with Gasteiger partial charge in [-0.1, -0.05) is 19.9 Å². The lowest BCUT2D eigenvalue weighted by molar-refractivity contribution is 0.0718. The van der Waals surface area contributed by atoms with Crippen molar-refractivity contribution in [3.05, 3.63) is 47.2 Å². The van der Waals surface area contributed by atoms with Gasteiger partial charge in [0.2, 0.25) is 0 Å². The number of nitrogens with one attached hydrogen (secondary N) is 1. The number of hydrogen-bond donors (Lipinski definition) is 2. The van der Waals surface area contributed by atoms with E-state index in [1.165, 1.54) is 0 Å². The molecule has 1 aromatic carbocycles. The summed E-state index contributed by atoms with van der Waals surface area (Å²) in [5, 5.41) is 8.23. The lowest BCUT2D eigenvalue weighted by atomic mass is 10.0. The molecule has 0 fully saturated rings. The zero-order chi connectivity index (χ0) is 24.9. The van der Waals surface area contributed by atoms with Crippen molar-refractivity contribution in [3.63, 3.8) is 0 Å². The van der Waals surface area contributed by atoms with Crippen LogP contribution < -0.4 is 20.7 Å². The van der Waals surface area contributed by atoms with Gasteiger partial charge in [0, 0.05) is 45.9 Å². The maximum atomic E-state index is 13.7. The van der Waals surface area contributed by atoms with Gasteiger partial charge < -0.3 is 25.6 Å². The van der Waals surface area contributed by atoms with Crippen LogP contribution in [0.5, 0.6) is 5.75 Å². The highest BCUT2D eigenvalue weighted by atomic mass is 16.5. The van der Waals surface area contributed by atoms with E-state index in [9.17, 15) is 4.79 Å². The first kappa shape index (κ1) is 24.8. The van der Waals surface area contributed by atoms with Crippen molar-refractivity contribution in [2.75, 3.05) is 50.6 Å². The van der Waals surface area contributed by atoms with E-state index in [0.717, 1.165) is 60.8 Å². The normalized spacial score (nSPS) is 17.2. The minimum Gasteiger partial charge on any atom is -0.493 e. The van der Waals surface area contributed by atoms with Gasteiger partial charge in [-0.2, -0.15) is 9.61 Å². The first-order chi connectivity index (χ1) is 17.0. The highest BCUT2D eigenvalue weighted by molar-refractivity contribution is 5.97. The topological polar surface area (TPSA) is 101 Å². The molecule has 3 aromatic rings. The van der Waals surface area contributed by atoms with E-state index in [4.69, 9.17) is 20.6 Å². The summed E-state index contributed by atoms with van der Waals surface area (Å²) in [4.78, 5) is 22.5. The van der Waals surface area contributed by atoms with Gasteiger partial charge >= 0.3 is 0 Å². The average molecular weight is 480 g/mol. The van der Waals surface area contributed by atoms with E-state index in [1.807, 2.05) is 41.9 Å². The van der Waals surface area contributed by atoms with Crippen LogP contribution in [0.3, 0.4) is 0 Å². The Morgan fingerprint density at radius 1 is 1.17 bits per heavy atom. The smallest absolute Gasteiger partial charge is 0.257 e. The second kappa shape index (κ2) is 10.9. The number of rotatable bonds is 5. The molecular formula is C26H37N7O2. The Morgan fingerprint density at radius 2 is 2.00 bits per heavy atom. The molecule has 0 radical (unpaired) electrons. The third-order valence-corrected chi connectivity index (χ3v) is 6.61. The minimum atomic E-state index is -0.203. The van der Waals surface area contributed by atoms with Crippen LogP contribution in [-0.2, 0) is 6.42 Å². The summed E-state index contributed by atoms with van der Waals surface area (Å²) >= 11 is 0. The molecule has 2 bridgehead atoms. The Bertz CT molecular complexity index is 1180. The molecule has 1 amide bonds. The Kier molecular flexibility index (Phi) is 7.75. The maximum absolute atomic E-state index is 13.7. The number of nitrogens with zero attached hydrogens (tertiary/aromatic N) is 5. The number of amides is 1. The monoisotopic (exact) mass is 479 g/mol. The highest BCUT2D eigenvalue weighted by Gasteiger charge is 2.27. The molecule has 9 heteroatoms. The standard InChI is InChI=1S/C26H37N7O2/c1-5-18-9-10-22-19(15-18)26(34)32(4)21(6-2)20-16-24-29-23(28-12-11-27)17-25(33(24)30-20)31(3)13-7-8-14-35-22/h9-10,15-17,21H,5-8,11-14,27H2,1-4H3,(H,28,29). The largest absolute Gasteiger partial charge is 0.493 e. The van der Waals surface area contributed by atoms with Gasteiger partial charge in [0.15, 0.2) is 5.65 Å². The van der Waals surface area contributed by atoms with Crippen LogP contribution >= 0.6 is 0 Å². The number of nitrogens with two attached hydrogens (primary N) is 1. The fourth-order valence-electron chi connectivity index (χ4n) is 4.55. The third kappa shape index (κ3) is 5.19. The Morgan fingerprint density at radius 3 is 2.74 bits per heavy atom. The summed E-state index contributed by atoms with van der Waals surface area (Å²) in [5.74, 6) is 2.28. The van der Waals surface area contributed by atoms with E-state index in [1.54, 1.807) is 4.90 Å². The molecule has 9 nitrogen and oxygen atoms in total. The number of aryl methyl sites for hydroxylation is 1. The SMILES string of the molecule is CCc1ccc2c(c1)C(=O)N(C)C(CC)c1cc3nc(NCCN)cc(n3n1)N(C)CCCCO2. The second-order valence-electron chi connectivity index (χ2n) is 9.06. The number of hydrogen-bond acceptors (Lipinski definition) is 7. The van der Waals surface area contributed by atoms with Crippen LogP contribution in [0.2, 0.25) is 0 Å². The summed E-state index contributed by atoms with van der Waals surface area (Å²) in [5.41, 5.74) is 8.96. The number of carbonyl (C=O) groups is 1. The van der Waals surface area contributed by atoms with Crippen LogP contribution in [0.1, 0.15) is 60.8 Å². The zero-order valence-electron chi connectivity index (χ0n) is 21.3. The summed E-state index contributed by atoms with van der Waals surface area (Å²) in [6.45, 7) is 6.72. The van der Waals surface area contributed by atoms with Gasteiger partial charge in [-0.15, -0.1) is 0 Å². The van der Waals surface area contributed by atoms with Crippen molar-refractivity contribution >= 4 is 23.2 Å². The molecule has 0 spiro atoms. The van der Waals surface area contributed by atoms with E-state index >= 15 is 0 Å². The fraction of sp³-hybridized carbons (Fsp3) is 0.500. The molecule has 3 N–H and O–H groups in total. The molecule has 2 aromatic heterocycles. The van der Waals surface area contributed by atoms with Gasteiger partial charge in [0.25, 0.3) is 5.91 Å². The van der Waals surface area contributed by atoms with Crippen LogP contribution in [0.4, 0.5) is 11.6 Å². The number of aromatic nitrogens is 3. The van der Waals surface area contributed by atoms with E-state index in [0.29, 0.717) is 31.0 Å². The molecule has 0 saturated carbocycles. The first-order valence-electron chi connectivity index (χ1n) is 12.6. The second-order valence-corrected chi connectivity index (χ2v) is 9.06. The van der Waals surface area contributed by atoms with Crippen LogP contribution in [0, 0.1) is 0 Å². The molecule has 1 atom stereocenters. The number of carbonyl (C=O) groups excluding carboxylic acids is 1. The third-order valence-electron chi connectivity index (χ3n) is 6.61. The van der Waals surface area contributed by atoms with Crippen LogP contribution in [0.15, 0.2) is 30.3 Å². The molecule has 0 saturated heterocycles. The van der Waals surface area contributed by atoms with Crippen LogP contribution in [0.25, 0.3) is 5.65 Å². The predicted octanol–water partition coefficient (Wildman–Crippen LogP) is 3.49. The Labute approximate surface area is 207 Å². The van der Waals surface area contributed by atoms with Gasteiger partial charge in [0.1, 0.15) is 17.4 Å². The lowest BCUT2D eigenvalue weighted by Crippen LogP contribution is -2.31. The van der Waals surface area contributed by atoms with Gasteiger partial charge in [-0.25, -0.2) is 4.98 Å². The highest BCUT2D eigenvalue weighted by Crippen LogP contribution is 2.30. The number of fused-ring (bicyclic) bond motifs is 2. The summed E-state index contributed by atoms with van der Waals surface area (Å²) in [7, 11) is 3.91. The molecule has 0 aliphatic carbocycles. The van der Waals surface area contributed by atoms with Crippen molar-refractivity contribution in [2.24, 2.45) is 5.73 Å². The van der Waals surface area contributed by atoms with Crippen molar-refractivity contribution in [2.45, 2.75) is 45.6 Å². The van der Waals surface area contributed by atoms with Gasteiger partial charge in [-0.3, -0.25) is 4.79 Å². The maximum Gasteiger partial charge on any atom is 0.257 e. The average Bonchev–Trinajstić information content (AvgIpc) is 3.29. The van der Waals surface area contributed by atoms with Crippen molar-refractivity contribution in [3.8, 4) is 5.75 Å². The molecule has 188 valence electrons. The summed E-state index contributed by atoms with van der Waals surface area (Å²) in [6, 6.07) is 9.72. The molecule has 1 aliphatic rings. The Hall–Kier alpha value is -3.33. The number of ether oxygens (including phenoxy) is 1. The van der Waals surface area contributed by atoms with Crippen LogP contribution in [-0.4, -0.2) is 65.7 Å². The van der Waals surface area contributed by atoms with Crippen molar-refractivity contribution < 1.29 is 9.53 Å². The quantitative estimate of drug-likeness (QED) is 0.578. The van der Waals surface area contributed by atoms with Crippen molar-refractivity contribution in [1.29, 1.82) is 0 Å². The zero-order valence-corrected chi connectivity index (χ0v) is 21.3. The van der Waals surface area contributed by atoms with Gasteiger partial charge in [-0.05, 0) is 43.4 Å². The summed E-state index contributed by atoms with van der Waals surface area (Å²) < 4.78 is 7.99. The van der Waals surface area contributed by atoms with E-state index < -0.39 is 0 Å². The molecule has 35 heavy (non-hydrogen) atoms.